The molecule has 1 aromatic heterocycles. The molecule has 0 bridgehead atoms. The van der Waals surface area contributed by atoms with Crippen LogP contribution in [-0.4, -0.2) is 62.0 Å². The third kappa shape index (κ3) is 4.82. The van der Waals surface area contributed by atoms with Gasteiger partial charge in [-0.25, -0.2) is 8.42 Å². The molecule has 2 atom stereocenters. The van der Waals surface area contributed by atoms with Gasteiger partial charge in [-0.15, -0.1) is 0 Å². The molecule has 0 unspecified atom stereocenters. The summed E-state index contributed by atoms with van der Waals surface area (Å²) in [6.07, 6.45) is 0. The number of sulfonamides is 1. The van der Waals surface area contributed by atoms with E-state index >= 15 is 0 Å². The lowest BCUT2D eigenvalue weighted by Gasteiger charge is -2.38. The zero-order valence-corrected chi connectivity index (χ0v) is 22.3. The van der Waals surface area contributed by atoms with E-state index in [9.17, 15) is 8.42 Å². The number of hydrogen-bond acceptors (Lipinski definition) is 6. The number of aryl methyl sites for hydroxylation is 4. The first kappa shape index (κ1) is 25.0. The maximum Gasteiger partial charge on any atom is 0.248 e. The number of benzene rings is 2. The van der Waals surface area contributed by atoms with E-state index in [2.05, 4.69) is 65.7 Å². The number of anilines is 1. The van der Waals surface area contributed by atoms with Crippen molar-refractivity contribution < 1.29 is 12.9 Å². The smallest absolute Gasteiger partial charge is 0.248 e. The summed E-state index contributed by atoms with van der Waals surface area (Å²) in [5.41, 5.74) is 5.41. The van der Waals surface area contributed by atoms with Gasteiger partial charge in [0.2, 0.25) is 10.0 Å². The van der Waals surface area contributed by atoms with E-state index in [4.69, 9.17) is 4.52 Å². The first-order valence-electron chi connectivity index (χ1n) is 12.6. The summed E-state index contributed by atoms with van der Waals surface area (Å²) < 4.78 is 33.9. The minimum atomic E-state index is -3.71. The van der Waals surface area contributed by atoms with Gasteiger partial charge in [0.25, 0.3) is 0 Å². The van der Waals surface area contributed by atoms with Crippen LogP contribution in [0, 0.1) is 40.2 Å². The zero-order chi connectivity index (χ0) is 25.4. The summed E-state index contributed by atoms with van der Waals surface area (Å²) in [6, 6.07) is 16.8. The number of hydrogen-bond donors (Lipinski definition) is 0. The van der Waals surface area contributed by atoms with Crippen molar-refractivity contribution in [2.75, 3.05) is 44.2 Å². The molecule has 36 heavy (non-hydrogen) atoms. The van der Waals surface area contributed by atoms with E-state index < -0.39 is 10.0 Å². The molecule has 0 saturated carbocycles. The first-order valence-corrected chi connectivity index (χ1v) is 14.0. The molecule has 8 heteroatoms. The number of piperazine rings is 1. The van der Waals surface area contributed by atoms with Crippen molar-refractivity contribution in [3.8, 4) is 0 Å². The van der Waals surface area contributed by atoms with E-state index in [0.717, 1.165) is 31.7 Å². The fraction of sp³-hybridized carbons (Fsp3) is 0.429. The Bertz CT molecular complexity index is 1290. The standard InChI is InChI=1S/C28H34N4O3S/c1-20-10-11-21(2)27(16-20)31-14-12-30(13-15-31)17-25-18-32(19-26(25)24-8-6-5-7-9-24)36(33,34)28-22(3)29-35-23(28)4/h5-11,16,25-26H,12-15,18-19H2,1-4H3/t25-,26-/m0/s1. The quantitative estimate of drug-likeness (QED) is 0.500. The highest BCUT2D eigenvalue weighted by Crippen LogP contribution is 2.39. The van der Waals surface area contributed by atoms with Crippen LogP contribution in [0.3, 0.4) is 0 Å². The summed E-state index contributed by atoms with van der Waals surface area (Å²) in [4.78, 5) is 4.89. The maximum absolute atomic E-state index is 13.6. The fourth-order valence-corrected chi connectivity index (χ4v) is 7.26. The molecule has 5 rings (SSSR count). The van der Waals surface area contributed by atoms with Crippen LogP contribution in [0.4, 0.5) is 5.69 Å². The monoisotopic (exact) mass is 506 g/mol. The lowest BCUT2D eigenvalue weighted by Crippen LogP contribution is -2.46. The molecule has 2 aromatic carbocycles. The third-order valence-electron chi connectivity index (χ3n) is 7.41. The van der Waals surface area contributed by atoms with Crippen molar-refractivity contribution in [3.63, 3.8) is 0 Å². The highest BCUT2D eigenvalue weighted by Gasteiger charge is 2.43. The molecule has 7 nitrogen and oxygen atoms in total. The van der Waals surface area contributed by atoms with Crippen molar-refractivity contribution in [2.24, 2.45) is 5.92 Å². The van der Waals surface area contributed by atoms with E-state index in [1.807, 2.05) is 18.2 Å². The number of nitrogens with zero attached hydrogens (tertiary/aromatic N) is 4. The van der Waals surface area contributed by atoms with E-state index in [1.165, 1.54) is 16.8 Å². The molecule has 0 aliphatic carbocycles. The molecule has 3 heterocycles. The van der Waals surface area contributed by atoms with Gasteiger partial charge in [0.1, 0.15) is 10.6 Å². The Kier molecular flexibility index (Phi) is 6.94. The average Bonchev–Trinajstić information content (AvgIpc) is 3.45. The highest BCUT2D eigenvalue weighted by atomic mass is 32.2. The van der Waals surface area contributed by atoms with Gasteiger partial charge >= 0.3 is 0 Å². The molecule has 2 radical (unpaired) electrons. The molecular weight excluding hydrogens is 472 g/mol. The maximum atomic E-state index is 13.6. The second-order valence-corrected chi connectivity index (χ2v) is 11.9. The van der Waals surface area contributed by atoms with Crippen LogP contribution in [0.25, 0.3) is 0 Å². The molecule has 2 aliphatic heterocycles. The Morgan fingerprint density at radius 2 is 1.67 bits per heavy atom. The van der Waals surface area contributed by atoms with Gasteiger partial charge in [0, 0.05) is 56.8 Å². The summed E-state index contributed by atoms with van der Waals surface area (Å²) in [7, 11) is -3.71. The number of aromatic nitrogens is 1. The van der Waals surface area contributed by atoms with Crippen LogP contribution in [0.2, 0.25) is 0 Å². The van der Waals surface area contributed by atoms with Crippen molar-refractivity contribution in [3.05, 3.63) is 83.2 Å². The second kappa shape index (κ2) is 10.00. The van der Waals surface area contributed by atoms with E-state index in [-0.39, 0.29) is 16.7 Å². The minimum Gasteiger partial charge on any atom is -0.369 e. The van der Waals surface area contributed by atoms with E-state index in [0.29, 0.717) is 24.5 Å². The van der Waals surface area contributed by atoms with Gasteiger partial charge < -0.3 is 9.42 Å². The van der Waals surface area contributed by atoms with Gasteiger partial charge in [0.05, 0.1) is 6.54 Å². The lowest BCUT2D eigenvalue weighted by atomic mass is 9.88. The van der Waals surface area contributed by atoms with Crippen LogP contribution < -0.4 is 4.90 Å². The molecule has 0 N–H and O–H groups in total. The van der Waals surface area contributed by atoms with Crippen molar-refractivity contribution >= 4 is 15.7 Å². The Labute approximate surface area is 214 Å². The summed E-state index contributed by atoms with van der Waals surface area (Å²) in [5, 5.41) is 3.88. The topological polar surface area (TPSA) is 69.9 Å². The van der Waals surface area contributed by atoms with Crippen molar-refractivity contribution in [1.29, 1.82) is 0 Å². The molecule has 2 saturated heterocycles. The van der Waals surface area contributed by atoms with Crippen molar-refractivity contribution in [1.82, 2.24) is 14.4 Å². The van der Waals surface area contributed by atoms with Gasteiger partial charge in [-0.1, -0.05) is 47.6 Å². The molecular formula is C28H34N4O3S. The predicted molar refractivity (Wildman–Crippen MR) is 140 cm³/mol. The Morgan fingerprint density at radius 1 is 0.944 bits per heavy atom. The largest absolute Gasteiger partial charge is 0.369 e. The van der Waals surface area contributed by atoms with Crippen LogP contribution in [0.1, 0.15) is 34.1 Å². The Hall–Kier alpha value is -2.68. The van der Waals surface area contributed by atoms with Crippen molar-refractivity contribution in [2.45, 2.75) is 38.5 Å². The van der Waals surface area contributed by atoms with Gasteiger partial charge in [-0.3, -0.25) is 4.90 Å². The van der Waals surface area contributed by atoms with Crippen LogP contribution in [0.5, 0.6) is 0 Å². The molecule has 190 valence electrons. The normalized spacial score (nSPS) is 21.8. The second-order valence-electron chi connectivity index (χ2n) is 9.99. The van der Waals surface area contributed by atoms with Gasteiger partial charge in [-0.05, 0) is 50.5 Å². The van der Waals surface area contributed by atoms with Gasteiger partial charge in [-0.2, -0.15) is 4.31 Å². The zero-order valence-electron chi connectivity index (χ0n) is 21.4. The first-order chi connectivity index (χ1) is 17.2. The van der Waals surface area contributed by atoms with Gasteiger partial charge in [0.15, 0.2) is 5.76 Å². The fourth-order valence-electron chi connectivity index (χ4n) is 5.48. The predicted octanol–water partition coefficient (Wildman–Crippen LogP) is 4.17. The Balaban J connectivity index is 1.33. The van der Waals surface area contributed by atoms with Crippen LogP contribution in [0.15, 0.2) is 57.9 Å². The minimum absolute atomic E-state index is 0.0325. The molecule has 3 aromatic rings. The third-order valence-corrected chi connectivity index (χ3v) is 9.49. The van der Waals surface area contributed by atoms with E-state index in [1.54, 1.807) is 18.2 Å². The average molecular weight is 507 g/mol. The summed E-state index contributed by atoms with van der Waals surface area (Å²) in [5.74, 6) is 0.344. The van der Waals surface area contributed by atoms with Crippen LogP contribution in [-0.2, 0) is 10.0 Å². The SMILES string of the molecule is Cc1ccc(C)c(N2CCN([C][C@H]3CN(S(=O)(=O)c4c(C)noc4C)C[C@H]3c3ccccc3)CC2)c1. The Morgan fingerprint density at radius 3 is 2.33 bits per heavy atom. The highest BCUT2D eigenvalue weighted by molar-refractivity contribution is 7.89. The molecule has 0 amide bonds. The molecule has 2 aliphatic rings. The molecule has 2 fully saturated rings. The van der Waals surface area contributed by atoms with Crippen LogP contribution >= 0.6 is 0 Å². The lowest BCUT2D eigenvalue weighted by molar-refractivity contribution is 0.271. The summed E-state index contributed by atoms with van der Waals surface area (Å²) >= 11 is 0. The summed E-state index contributed by atoms with van der Waals surface area (Å²) in [6.45, 7) is 15.7. The number of rotatable bonds is 6. The molecule has 0 spiro atoms.